The highest BCUT2D eigenvalue weighted by Gasteiger charge is 2.60. The Balaban J connectivity index is 1.64. The van der Waals surface area contributed by atoms with Gasteiger partial charge in [0.05, 0.1) is 13.2 Å². The Labute approximate surface area is 210 Å². The average Bonchev–Trinajstić information content (AvgIpc) is 3.28. The molecule has 36 heavy (non-hydrogen) atoms. The SMILES string of the molecule is C#CCN(C)CCN1C(=O)N2[C@H](c3cccc(O)c3)c3[nH]c4ccc(OCC)cc4c3C[C@@]2(C)C1=O. The van der Waals surface area contributed by atoms with Crippen molar-refractivity contribution < 1.29 is 19.4 Å². The van der Waals surface area contributed by atoms with Crippen molar-refractivity contribution in [3.8, 4) is 23.8 Å². The molecule has 0 unspecified atom stereocenters. The number of H-pyrrole nitrogens is 1. The molecule has 3 amide bonds. The van der Waals surface area contributed by atoms with Crippen molar-refractivity contribution >= 4 is 22.8 Å². The first-order chi connectivity index (χ1) is 17.3. The molecule has 2 aromatic carbocycles. The van der Waals surface area contributed by atoms with E-state index < -0.39 is 11.6 Å². The topological polar surface area (TPSA) is 89.1 Å². The van der Waals surface area contributed by atoms with Gasteiger partial charge in [-0.25, -0.2) is 4.79 Å². The number of imide groups is 1. The second-order valence-corrected chi connectivity index (χ2v) is 9.66. The van der Waals surface area contributed by atoms with Crippen LogP contribution in [0.1, 0.15) is 36.7 Å². The number of benzene rings is 2. The number of carbonyl (C=O) groups excluding carboxylic acids is 2. The van der Waals surface area contributed by atoms with Gasteiger partial charge in [-0.15, -0.1) is 6.42 Å². The van der Waals surface area contributed by atoms with Crippen LogP contribution in [0.4, 0.5) is 4.79 Å². The number of hydrogen-bond donors (Lipinski definition) is 2. The van der Waals surface area contributed by atoms with E-state index in [-0.39, 0.29) is 24.2 Å². The Hall–Kier alpha value is -3.96. The lowest BCUT2D eigenvalue weighted by atomic mass is 9.81. The van der Waals surface area contributed by atoms with Gasteiger partial charge in [0, 0.05) is 36.1 Å². The fourth-order valence-electron chi connectivity index (χ4n) is 5.49. The first-order valence-electron chi connectivity index (χ1n) is 12.1. The highest BCUT2D eigenvalue weighted by atomic mass is 16.5. The highest BCUT2D eigenvalue weighted by molar-refractivity contribution is 6.08. The van der Waals surface area contributed by atoms with Gasteiger partial charge in [0.15, 0.2) is 0 Å². The molecule has 2 aliphatic heterocycles. The van der Waals surface area contributed by atoms with E-state index in [1.165, 1.54) is 4.90 Å². The number of ether oxygens (including phenoxy) is 1. The Morgan fingerprint density at radius 2 is 2.08 bits per heavy atom. The molecule has 8 heteroatoms. The lowest BCUT2D eigenvalue weighted by molar-refractivity contribution is -0.133. The molecule has 1 fully saturated rings. The number of nitrogens with zero attached hydrogens (tertiary/aromatic N) is 3. The van der Waals surface area contributed by atoms with Crippen LogP contribution < -0.4 is 4.74 Å². The average molecular weight is 487 g/mol. The molecule has 0 radical (unpaired) electrons. The van der Waals surface area contributed by atoms with Crippen molar-refractivity contribution in [3.63, 3.8) is 0 Å². The zero-order valence-corrected chi connectivity index (χ0v) is 20.7. The largest absolute Gasteiger partial charge is 0.508 e. The van der Waals surface area contributed by atoms with Crippen LogP contribution in [0.2, 0.25) is 0 Å². The van der Waals surface area contributed by atoms with Crippen molar-refractivity contribution in [2.75, 3.05) is 33.3 Å². The van der Waals surface area contributed by atoms with Gasteiger partial charge in [-0.2, -0.15) is 0 Å². The number of phenols is 1. The molecular weight excluding hydrogens is 456 g/mol. The number of rotatable bonds is 7. The quantitative estimate of drug-likeness (QED) is 0.394. The van der Waals surface area contributed by atoms with E-state index in [9.17, 15) is 14.7 Å². The molecule has 0 bridgehead atoms. The molecule has 1 saturated heterocycles. The number of aromatic amines is 1. The van der Waals surface area contributed by atoms with Gasteiger partial charge in [-0.1, -0.05) is 18.1 Å². The second-order valence-electron chi connectivity index (χ2n) is 9.66. The third-order valence-corrected chi connectivity index (χ3v) is 7.20. The van der Waals surface area contributed by atoms with Crippen LogP contribution in [0, 0.1) is 12.3 Å². The fourth-order valence-corrected chi connectivity index (χ4v) is 5.49. The first kappa shape index (κ1) is 23.8. The number of fused-ring (bicyclic) bond motifs is 4. The van der Waals surface area contributed by atoms with Gasteiger partial charge >= 0.3 is 6.03 Å². The van der Waals surface area contributed by atoms with E-state index in [1.54, 1.807) is 23.1 Å². The summed E-state index contributed by atoms with van der Waals surface area (Å²) < 4.78 is 5.74. The van der Waals surface area contributed by atoms with Gasteiger partial charge < -0.3 is 14.8 Å². The summed E-state index contributed by atoms with van der Waals surface area (Å²) in [5.74, 6) is 3.20. The molecule has 3 aromatic rings. The van der Waals surface area contributed by atoms with Crippen molar-refractivity contribution in [1.29, 1.82) is 0 Å². The van der Waals surface area contributed by atoms with E-state index in [0.717, 1.165) is 33.5 Å². The van der Waals surface area contributed by atoms with Crippen LogP contribution in [0.3, 0.4) is 0 Å². The van der Waals surface area contributed by atoms with Crippen LogP contribution in [-0.2, 0) is 11.2 Å². The first-order valence-corrected chi connectivity index (χ1v) is 12.1. The number of aromatic hydroxyl groups is 1. The monoisotopic (exact) mass is 486 g/mol. The Morgan fingerprint density at radius 1 is 1.28 bits per heavy atom. The summed E-state index contributed by atoms with van der Waals surface area (Å²) in [5.41, 5.74) is 2.37. The van der Waals surface area contributed by atoms with Crippen LogP contribution >= 0.6 is 0 Å². The van der Waals surface area contributed by atoms with Crippen LogP contribution in [0.5, 0.6) is 11.5 Å². The highest BCUT2D eigenvalue weighted by Crippen LogP contribution is 2.49. The standard InChI is InChI=1S/C28H30N4O4/c1-5-12-30(4)13-14-31-26(34)28(3)17-22-21-16-20(36-6-2)10-11-23(21)29-24(22)25(32(28)27(31)35)18-8-7-9-19(33)15-18/h1,7-11,15-16,25,29,33H,6,12-14,17H2,2-4H3/t25-,28+/m1/s1. The zero-order chi connectivity index (χ0) is 25.6. The number of likely N-dealkylation sites (N-methyl/N-ethyl adjacent to an activating group) is 1. The number of carbonyl (C=O) groups is 2. The number of amides is 3. The van der Waals surface area contributed by atoms with Crippen molar-refractivity contribution in [2.45, 2.75) is 31.8 Å². The summed E-state index contributed by atoms with van der Waals surface area (Å²) >= 11 is 0. The van der Waals surface area contributed by atoms with E-state index in [4.69, 9.17) is 11.2 Å². The predicted octanol–water partition coefficient (Wildman–Crippen LogP) is 3.51. The van der Waals surface area contributed by atoms with Gasteiger partial charge in [-0.05, 0) is 62.4 Å². The Morgan fingerprint density at radius 3 is 2.81 bits per heavy atom. The zero-order valence-electron chi connectivity index (χ0n) is 20.7. The van der Waals surface area contributed by atoms with Crippen molar-refractivity contribution in [2.24, 2.45) is 0 Å². The number of terminal acetylenes is 1. The number of hydrogen-bond acceptors (Lipinski definition) is 5. The van der Waals surface area contributed by atoms with E-state index in [2.05, 4.69) is 10.9 Å². The number of urea groups is 1. The van der Waals surface area contributed by atoms with Crippen molar-refractivity contribution in [3.05, 3.63) is 59.3 Å². The van der Waals surface area contributed by atoms with Crippen LogP contribution in [0.15, 0.2) is 42.5 Å². The van der Waals surface area contributed by atoms with E-state index in [1.807, 2.05) is 50.1 Å². The molecule has 2 N–H and O–H groups in total. The summed E-state index contributed by atoms with van der Waals surface area (Å²) in [6, 6.07) is 11.8. The molecule has 0 aliphatic carbocycles. The van der Waals surface area contributed by atoms with Gasteiger partial charge in [0.25, 0.3) is 5.91 Å². The summed E-state index contributed by atoms with van der Waals surface area (Å²) in [6.45, 7) is 5.48. The third kappa shape index (κ3) is 3.67. The molecule has 8 nitrogen and oxygen atoms in total. The number of nitrogens with one attached hydrogen (secondary N) is 1. The third-order valence-electron chi connectivity index (χ3n) is 7.20. The van der Waals surface area contributed by atoms with Gasteiger partial charge in [0.2, 0.25) is 0 Å². The molecule has 0 saturated carbocycles. The predicted molar refractivity (Wildman–Crippen MR) is 137 cm³/mol. The van der Waals surface area contributed by atoms with Crippen molar-refractivity contribution in [1.82, 2.24) is 19.7 Å². The van der Waals surface area contributed by atoms with Gasteiger partial charge in [0.1, 0.15) is 23.1 Å². The minimum absolute atomic E-state index is 0.0989. The summed E-state index contributed by atoms with van der Waals surface area (Å²) in [5, 5.41) is 11.2. The Kier molecular flexibility index (Phi) is 5.89. The molecule has 3 heterocycles. The molecule has 186 valence electrons. The minimum Gasteiger partial charge on any atom is -0.508 e. The second kappa shape index (κ2) is 8.92. The molecule has 2 atom stereocenters. The van der Waals surface area contributed by atoms with Crippen LogP contribution in [0.25, 0.3) is 10.9 Å². The molecule has 1 aromatic heterocycles. The summed E-state index contributed by atoms with van der Waals surface area (Å²) in [6.07, 6.45) is 5.78. The molecular formula is C28H30N4O4. The van der Waals surface area contributed by atoms with E-state index in [0.29, 0.717) is 26.1 Å². The molecule has 0 spiro atoms. The van der Waals surface area contributed by atoms with E-state index >= 15 is 0 Å². The summed E-state index contributed by atoms with van der Waals surface area (Å²) in [7, 11) is 1.86. The normalized spacial score (nSPS) is 21.1. The number of phenolic OH excluding ortho intramolecular Hbond substituents is 1. The maximum atomic E-state index is 13.8. The van der Waals surface area contributed by atoms with Gasteiger partial charge in [-0.3, -0.25) is 19.5 Å². The molecule has 5 rings (SSSR count). The number of aromatic nitrogens is 1. The molecule has 2 aliphatic rings. The smallest absolute Gasteiger partial charge is 0.328 e. The maximum absolute atomic E-state index is 13.8. The summed E-state index contributed by atoms with van der Waals surface area (Å²) in [4.78, 5) is 36.1. The minimum atomic E-state index is -1.08. The lowest BCUT2D eigenvalue weighted by Gasteiger charge is -2.42. The Bertz CT molecular complexity index is 1390. The lowest BCUT2D eigenvalue weighted by Crippen LogP contribution is -2.53. The maximum Gasteiger partial charge on any atom is 0.328 e. The van der Waals surface area contributed by atoms with Crippen LogP contribution in [-0.4, -0.2) is 75.6 Å². The fraction of sp³-hybridized carbons (Fsp3) is 0.357.